The molecule has 1 aromatic heterocycles. The Morgan fingerprint density at radius 3 is 2.44 bits per heavy atom. The van der Waals surface area contributed by atoms with Crippen LogP contribution in [-0.4, -0.2) is 27.0 Å². The van der Waals surface area contributed by atoms with Crippen molar-refractivity contribution >= 4 is 38.9 Å². The Bertz CT molecular complexity index is 845. The number of sulfonamides is 1. The van der Waals surface area contributed by atoms with Crippen LogP contribution in [0.4, 0.5) is 0 Å². The van der Waals surface area contributed by atoms with Gasteiger partial charge in [0.25, 0.3) is 5.91 Å². The number of halogens is 1. The molecule has 0 bridgehead atoms. The molecule has 0 unspecified atom stereocenters. The number of hydrogen-bond donors (Lipinski definition) is 2. The molecule has 2 rings (SSSR count). The number of thiophene rings is 1. The summed E-state index contributed by atoms with van der Waals surface area (Å²) in [6.07, 6.45) is 0. The van der Waals surface area contributed by atoms with E-state index in [9.17, 15) is 13.2 Å². The lowest BCUT2D eigenvalue weighted by molar-refractivity contribution is -0.134. The number of amides is 1. The van der Waals surface area contributed by atoms with Crippen molar-refractivity contribution in [2.24, 2.45) is 0 Å². The molecule has 0 spiro atoms. The molecule has 6 nitrogen and oxygen atoms in total. The number of ether oxygens (including phenoxy) is 1. The van der Waals surface area contributed by atoms with Gasteiger partial charge in [-0.05, 0) is 57.3 Å². The molecule has 0 aliphatic rings. The maximum absolute atomic E-state index is 12.4. The van der Waals surface area contributed by atoms with Gasteiger partial charge in [-0.2, -0.15) is 0 Å². The Balaban J connectivity index is 1.98. The van der Waals surface area contributed by atoms with Gasteiger partial charge in [0.15, 0.2) is 5.60 Å². The predicted molar refractivity (Wildman–Crippen MR) is 98.6 cm³/mol. The summed E-state index contributed by atoms with van der Waals surface area (Å²) in [5, 5.41) is 3.34. The highest BCUT2D eigenvalue weighted by molar-refractivity contribution is 7.91. The number of hydrogen-bond acceptors (Lipinski definition) is 5. The lowest BCUT2D eigenvalue weighted by Crippen LogP contribution is -2.46. The third kappa shape index (κ3) is 5.18. The first-order valence-corrected chi connectivity index (χ1v) is 10.1. The first-order valence-electron chi connectivity index (χ1n) is 7.39. The standard InChI is InChI=1S/C16H19ClN2O4S2/c1-16(2,23-12-6-4-11(17)5-7-12)15(20)19-10-13-8-9-14(24-13)25(21,22)18-3/h4-9,18H,10H2,1-3H3,(H,19,20). The number of carbonyl (C=O) groups is 1. The van der Waals surface area contributed by atoms with E-state index in [1.54, 1.807) is 44.2 Å². The second-order valence-electron chi connectivity index (χ2n) is 5.68. The van der Waals surface area contributed by atoms with Crippen molar-refractivity contribution in [1.29, 1.82) is 0 Å². The molecule has 2 N–H and O–H groups in total. The van der Waals surface area contributed by atoms with Crippen molar-refractivity contribution < 1.29 is 17.9 Å². The predicted octanol–water partition coefficient (Wildman–Crippen LogP) is 2.78. The fourth-order valence-corrected chi connectivity index (χ4v) is 4.18. The summed E-state index contributed by atoms with van der Waals surface area (Å²) < 4.78 is 31.6. The van der Waals surface area contributed by atoms with Crippen LogP contribution >= 0.6 is 22.9 Å². The molecule has 0 saturated carbocycles. The summed E-state index contributed by atoms with van der Waals surface area (Å²) in [5.41, 5.74) is -1.09. The first kappa shape index (κ1) is 19.7. The Morgan fingerprint density at radius 2 is 1.84 bits per heavy atom. The number of nitrogens with one attached hydrogen (secondary N) is 2. The molecule has 0 aliphatic carbocycles. The zero-order valence-corrected chi connectivity index (χ0v) is 16.4. The fourth-order valence-electron chi connectivity index (χ4n) is 1.92. The van der Waals surface area contributed by atoms with E-state index in [-0.39, 0.29) is 16.7 Å². The molecule has 9 heteroatoms. The van der Waals surface area contributed by atoms with Crippen molar-refractivity contribution in [3.05, 3.63) is 46.3 Å². The van der Waals surface area contributed by atoms with E-state index >= 15 is 0 Å². The lowest BCUT2D eigenvalue weighted by Gasteiger charge is -2.25. The minimum Gasteiger partial charge on any atom is -0.478 e. The zero-order chi connectivity index (χ0) is 18.7. The Morgan fingerprint density at radius 1 is 1.20 bits per heavy atom. The minimum absolute atomic E-state index is 0.205. The second-order valence-corrected chi connectivity index (χ2v) is 9.40. The molecule has 0 atom stereocenters. The van der Waals surface area contributed by atoms with Gasteiger partial charge in [0.2, 0.25) is 10.0 Å². The second kappa shape index (κ2) is 7.74. The molecule has 0 radical (unpaired) electrons. The van der Waals surface area contributed by atoms with Gasteiger partial charge >= 0.3 is 0 Å². The molecule has 1 amide bonds. The molecule has 0 saturated heterocycles. The van der Waals surface area contributed by atoms with E-state index in [1.165, 1.54) is 13.1 Å². The summed E-state index contributed by atoms with van der Waals surface area (Å²) in [6.45, 7) is 3.53. The van der Waals surface area contributed by atoms with E-state index in [0.29, 0.717) is 10.8 Å². The average Bonchev–Trinajstić information content (AvgIpc) is 3.04. The van der Waals surface area contributed by atoms with Gasteiger partial charge in [-0.3, -0.25) is 4.79 Å². The lowest BCUT2D eigenvalue weighted by atomic mass is 10.1. The van der Waals surface area contributed by atoms with Crippen molar-refractivity contribution in [2.75, 3.05) is 7.05 Å². The monoisotopic (exact) mass is 402 g/mol. The molecular weight excluding hydrogens is 384 g/mol. The highest BCUT2D eigenvalue weighted by atomic mass is 35.5. The number of rotatable bonds is 7. The third-order valence-corrected chi connectivity index (χ3v) is 6.57. The molecule has 1 heterocycles. The minimum atomic E-state index is -3.47. The Labute approximate surface area is 156 Å². The summed E-state index contributed by atoms with van der Waals surface area (Å²) in [4.78, 5) is 13.1. The number of carbonyl (C=O) groups excluding carboxylic acids is 1. The average molecular weight is 403 g/mol. The Kier molecular flexibility index (Phi) is 6.10. The van der Waals surface area contributed by atoms with E-state index in [4.69, 9.17) is 16.3 Å². The van der Waals surface area contributed by atoms with Gasteiger partial charge in [-0.1, -0.05) is 11.6 Å². The fraction of sp³-hybridized carbons (Fsp3) is 0.312. The van der Waals surface area contributed by atoms with Crippen molar-refractivity contribution in [3.8, 4) is 5.75 Å². The summed E-state index contributed by atoms with van der Waals surface area (Å²) >= 11 is 6.93. The molecule has 1 aromatic carbocycles. The van der Waals surface area contributed by atoms with E-state index < -0.39 is 15.6 Å². The molecule has 0 fully saturated rings. The Hall–Kier alpha value is -1.61. The molecule has 2 aromatic rings. The van der Waals surface area contributed by atoms with Crippen LogP contribution in [0.2, 0.25) is 5.02 Å². The van der Waals surface area contributed by atoms with Gasteiger partial charge in [-0.15, -0.1) is 11.3 Å². The van der Waals surface area contributed by atoms with Crippen molar-refractivity contribution in [3.63, 3.8) is 0 Å². The van der Waals surface area contributed by atoms with Crippen LogP contribution in [0.3, 0.4) is 0 Å². The molecule has 0 aliphatic heterocycles. The van der Waals surface area contributed by atoms with E-state index in [2.05, 4.69) is 10.0 Å². The van der Waals surface area contributed by atoms with E-state index in [1.807, 2.05) is 0 Å². The molecule has 25 heavy (non-hydrogen) atoms. The van der Waals surface area contributed by atoms with E-state index in [0.717, 1.165) is 16.2 Å². The maximum atomic E-state index is 12.4. The van der Waals surface area contributed by atoms with Crippen LogP contribution in [0.1, 0.15) is 18.7 Å². The molecule has 136 valence electrons. The quantitative estimate of drug-likeness (QED) is 0.745. The SMILES string of the molecule is CNS(=O)(=O)c1ccc(CNC(=O)C(C)(C)Oc2ccc(Cl)cc2)s1. The topological polar surface area (TPSA) is 84.5 Å². The first-order chi connectivity index (χ1) is 11.6. The van der Waals surface area contributed by atoms with Crippen LogP contribution in [0.5, 0.6) is 5.75 Å². The molecular formula is C16H19ClN2O4S2. The summed E-state index contributed by atoms with van der Waals surface area (Å²) in [6, 6.07) is 9.91. The van der Waals surface area contributed by atoms with Crippen LogP contribution in [-0.2, 0) is 21.4 Å². The van der Waals surface area contributed by atoms with Crippen LogP contribution in [0.25, 0.3) is 0 Å². The highest BCUT2D eigenvalue weighted by Gasteiger charge is 2.30. The van der Waals surface area contributed by atoms with Crippen molar-refractivity contribution in [2.45, 2.75) is 30.2 Å². The van der Waals surface area contributed by atoms with Gasteiger partial charge in [0.1, 0.15) is 9.96 Å². The normalized spacial score (nSPS) is 12.0. The largest absolute Gasteiger partial charge is 0.478 e. The van der Waals surface area contributed by atoms with Gasteiger partial charge < -0.3 is 10.1 Å². The van der Waals surface area contributed by atoms with Crippen LogP contribution in [0, 0.1) is 0 Å². The van der Waals surface area contributed by atoms with Crippen LogP contribution in [0.15, 0.2) is 40.6 Å². The maximum Gasteiger partial charge on any atom is 0.263 e. The highest BCUT2D eigenvalue weighted by Crippen LogP contribution is 2.23. The summed E-state index contributed by atoms with van der Waals surface area (Å²) in [5.74, 6) is 0.219. The zero-order valence-electron chi connectivity index (χ0n) is 14.0. The summed E-state index contributed by atoms with van der Waals surface area (Å²) in [7, 11) is -2.11. The third-order valence-electron chi connectivity index (χ3n) is 3.33. The van der Waals surface area contributed by atoms with Gasteiger partial charge in [-0.25, -0.2) is 13.1 Å². The van der Waals surface area contributed by atoms with Crippen LogP contribution < -0.4 is 14.8 Å². The van der Waals surface area contributed by atoms with Gasteiger partial charge in [0, 0.05) is 9.90 Å². The number of benzene rings is 1. The van der Waals surface area contributed by atoms with Gasteiger partial charge in [0.05, 0.1) is 6.54 Å². The smallest absolute Gasteiger partial charge is 0.263 e. The van der Waals surface area contributed by atoms with Crippen molar-refractivity contribution in [1.82, 2.24) is 10.0 Å².